The topological polar surface area (TPSA) is 80.3 Å². The van der Waals surface area contributed by atoms with Crippen molar-refractivity contribution in [1.29, 1.82) is 0 Å². The molecule has 0 unspecified atom stereocenters. The first-order valence-corrected chi connectivity index (χ1v) is 4.64. The summed E-state index contributed by atoms with van der Waals surface area (Å²) < 4.78 is 4.69. The predicted octanol–water partition coefficient (Wildman–Crippen LogP) is -0.225. The number of ether oxygens (including phenoxy) is 1. The Labute approximate surface area is 93.0 Å². The van der Waals surface area contributed by atoms with Crippen molar-refractivity contribution in [3.05, 3.63) is 29.6 Å². The van der Waals surface area contributed by atoms with Crippen LogP contribution in [0, 0.1) is 0 Å². The molecule has 0 fully saturated rings. The summed E-state index contributed by atoms with van der Waals surface area (Å²) in [5, 5.41) is 4.95. The van der Waals surface area contributed by atoms with Gasteiger partial charge in [-0.15, -0.1) is 0 Å². The molecule has 2 amide bonds. The molecule has 1 rings (SSSR count). The molecule has 0 atom stereocenters. The number of hydrogen-bond donors (Lipinski definition) is 2. The van der Waals surface area contributed by atoms with Gasteiger partial charge in [-0.25, -0.2) is 0 Å². The van der Waals surface area contributed by atoms with E-state index in [-0.39, 0.29) is 24.2 Å². The zero-order chi connectivity index (χ0) is 12.0. The van der Waals surface area contributed by atoms with Crippen LogP contribution in [0.15, 0.2) is 18.3 Å². The summed E-state index contributed by atoms with van der Waals surface area (Å²) in [5.41, 5.74) is 0.649. The second-order valence-corrected chi connectivity index (χ2v) is 2.95. The van der Waals surface area contributed by atoms with Gasteiger partial charge in [0.2, 0.25) is 0 Å². The normalized spacial score (nSPS) is 9.62. The predicted molar refractivity (Wildman–Crippen MR) is 57.0 cm³/mol. The minimum absolute atomic E-state index is 0.123. The Bertz CT molecular complexity index is 375. The zero-order valence-corrected chi connectivity index (χ0v) is 9.11. The summed E-state index contributed by atoms with van der Waals surface area (Å²) >= 11 is 0. The Morgan fingerprint density at radius 1 is 1.38 bits per heavy atom. The lowest BCUT2D eigenvalue weighted by Gasteiger charge is -2.03. The highest BCUT2D eigenvalue weighted by Gasteiger charge is 2.08. The van der Waals surface area contributed by atoms with Gasteiger partial charge in [-0.3, -0.25) is 14.6 Å². The quantitative estimate of drug-likeness (QED) is 0.691. The van der Waals surface area contributed by atoms with Crippen molar-refractivity contribution >= 4 is 11.8 Å². The van der Waals surface area contributed by atoms with Crippen molar-refractivity contribution in [3.8, 4) is 0 Å². The van der Waals surface area contributed by atoms with E-state index in [1.807, 2.05) is 0 Å². The molecule has 0 saturated carbocycles. The third-order valence-corrected chi connectivity index (χ3v) is 1.86. The Morgan fingerprint density at radius 2 is 2.12 bits per heavy atom. The molecular weight excluding hydrogens is 210 g/mol. The number of nitrogens with one attached hydrogen (secondary N) is 2. The van der Waals surface area contributed by atoms with E-state index in [4.69, 9.17) is 0 Å². The van der Waals surface area contributed by atoms with E-state index in [1.54, 1.807) is 0 Å². The Kier molecular flexibility index (Phi) is 4.41. The number of carbonyl (C=O) groups is 2. The van der Waals surface area contributed by atoms with Gasteiger partial charge in [0.1, 0.15) is 12.4 Å². The number of carbonyl (C=O) groups excluding carboxylic acids is 2. The lowest BCUT2D eigenvalue weighted by Crippen LogP contribution is -2.26. The first kappa shape index (κ1) is 12.1. The van der Waals surface area contributed by atoms with Crippen LogP contribution in [0.5, 0.6) is 0 Å². The maximum Gasteiger partial charge on any atom is 0.271 e. The molecule has 16 heavy (non-hydrogen) atoms. The second-order valence-electron chi connectivity index (χ2n) is 2.95. The lowest BCUT2D eigenvalue weighted by molar-refractivity contribution is 0.0865. The molecule has 1 heterocycles. The van der Waals surface area contributed by atoms with Crippen LogP contribution in [-0.2, 0) is 4.74 Å². The summed E-state index contributed by atoms with van der Waals surface area (Å²) in [7, 11) is 3.00. The molecule has 0 saturated heterocycles. The SMILES string of the molecule is CNC(=O)c1ccc(C(=O)NCOC)nc1. The van der Waals surface area contributed by atoms with Crippen molar-refractivity contribution in [2.45, 2.75) is 0 Å². The lowest BCUT2D eigenvalue weighted by atomic mass is 10.2. The van der Waals surface area contributed by atoms with Crippen molar-refractivity contribution < 1.29 is 14.3 Å². The van der Waals surface area contributed by atoms with Crippen LogP contribution in [0.2, 0.25) is 0 Å². The minimum atomic E-state index is -0.342. The van der Waals surface area contributed by atoms with E-state index in [1.165, 1.54) is 32.5 Å². The summed E-state index contributed by atoms with van der Waals surface area (Å²) in [6.45, 7) is 0.123. The number of pyridine rings is 1. The molecule has 0 bridgehead atoms. The van der Waals surface area contributed by atoms with E-state index in [0.29, 0.717) is 5.56 Å². The summed E-state index contributed by atoms with van der Waals surface area (Å²) in [5.74, 6) is -0.582. The highest BCUT2D eigenvalue weighted by molar-refractivity contribution is 5.96. The standard InChI is InChI=1S/C10H13N3O3/c1-11-9(14)7-3-4-8(12-5-7)10(15)13-6-16-2/h3-5H,6H2,1-2H3,(H,11,14)(H,13,15). The van der Waals surface area contributed by atoms with Crippen molar-refractivity contribution in [2.24, 2.45) is 0 Å². The summed E-state index contributed by atoms with van der Waals surface area (Å²) in [4.78, 5) is 26.5. The van der Waals surface area contributed by atoms with Gasteiger partial charge in [-0.2, -0.15) is 0 Å². The van der Waals surface area contributed by atoms with Gasteiger partial charge in [0.15, 0.2) is 0 Å². The van der Waals surface area contributed by atoms with Crippen molar-refractivity contribution in [3.63, 3.8) is 0 Å². The molecule has 0 aliphatic heterocycles. The molecule has 1 aromatic heterocycles. The van der Waals surface area contributed by atoms with Crippen LogP contribution in [0.25, 0.3) is 0 Å². The molecule has 0 aliphatic carbocycles. The van der Waals surface area contributed by atoms with Crippen LogP contribution < -0.4 is 10.6 Å². The maximum atomic E-state index is 11.4. The van der Waals surface area contributed by atoms with Crippen LogP contribution in [0.3, 0.4) is 0 Å². The van der Waals surface area contributed by atoms with Gasteiger partial charge >= 0.3 is 0 Å². The van der Waals surface area contributed by atoms with E-state index < -0.39 is 0 Å². The Hall–Kier alpha value is -1.95. The fourth-order valence-corrected chi connectivity index (χ4v) is 1.04. The highest BCUT2D eigenvalue weighted by Crippen LogP contribution is 2.00. The van der Waals surface area contributed by atoms with E-state index in [9.17, 15) is 9.59 Å². The number of rotatable bonds is 4. The maximum absolute atomic E-state index is 11.4. The van der Waals surface area contributed by atoms with Gasteiger partial charge in [0, 0.05) is 20.4 Å². The van der Waals surface area contributed by atoms with Crippen LogP contribution in [0.4, 0.5) is 0 Å². The number of nitrogens with zero attached hydrogens (tertiary/aromatic N) is 1. The molecule has 1 aromatic rings. The number of aromatic nitrogens is 1. The fourth-order valence-electron chi connectivity index (χ4n) is 1.04. The summed E-state index contributed by atoms with van der Waals surface area (Å²) in [6, 6.07) is 3.02. The Morgan fingerprint density at radius 3 is 2.62 bits per heavy atom. The molecule has 6 heteroatoms. The van der Waals surface area contributed by atoms with E-state index in [0.717, 1.165) is 0 Å². The molecule has 6 nitrogen and oxygen atoms in total. The number of amides is 2. The first-order valence-electron chi connectivity index (χ1n) is 4.64. The van der Waals surface area contributed by atoms with Gasteiger partial charge < -0.3 is 15.4 Å². The molecule has 0 radical (unpaired) electrons. The Balaban J connectivity index is 2.71. The molecule has 2 N–H and O–H groups in total. The van der Waals surface area contributed by atoms with Gasteiger partial charge in [0.25, 0.3) is 11.8 Å². The van der Waals surface area contributed by atoms with Crippen molar-refractivity contribution in [1.82, 2.24) is 15.6 Å². The zero-order valence-electron chi connectivity index (χ0n) is 9.11. The van der Waals surface area contributed by atoms with Crippen LogP contribution in [-0.4, -0.2) is 37.7 Å². The summed E-state index contributed by atoms with van der Waals surface area (Å²) in [6.07, 6.45) is 1.35. The van der Waals surface area contributed by atoms with Gasteiger partial charge in [-0.1, -0.05) is 0 Å². The molecule has 0 aliphatic rings. The van der Waals surface area contributed by atoms with E-state index in [2.05, 4.69) is 20.4 Å². The second kappa shape index (κ2) is 5.82. The smallest absolute Gasteiger partial charge is 0.271 e. The highest BCUT2D eigenvalue weighted by atomic mass is 16.5. The van der Waals surface area contributed by atoms with Gasteiger partial charge in [-0.05, 0) is 12.1 Å². The van der Waals surface area contributed by atoms with Gasteiger partial charge in [0.05, 0.1) is 5.56 Å². The number of methoxy groups -OCH3 is 1. The average Bonchev–Trinajstić information content (AvgIpc) is 2.35. The van der Waals surface area contributed by atoms with Crippen LogP contribution >= 0.6 is 0 Å². The molecular formula is C10H13N3O3. The average molecular weight is 223 g/mol. The number of hydrogen-bond acceptors (Lipinski definition) is 4. The molecule has 86 valence electrons. The van der Waals surface area contributed by atoms with E-state index >= 15 is 0 Å². The monoisotopic (exact) mass is 223 g/mol. The van der Waals surface area contributed by atoms with Crippen molar-refractivity contribution in [2.75, 3.05) is 20.9 Å². The molecule has 0 aromatic carbocycles. The van der Waals surface area contributed by atoms with Crippen LogP contribution in [0.1, 0.15) is 20.8 Å². The third kappa shape index (κ3) is 3.03. The third-order valence-electron chi connectivity index (χ3n) is 1.86. The largest absolute Gasteiger partial charge is 0.364 e. The fraction of sp³-hybridized carbons (Fsp3) is 0.300. The minimum Gasteiger partial charge on any atom is -0.364 e. The molecule has 0 spiro atoms. The first-order chi connectivity index (χ1) is 7.69.